The maximum atomic E-state index is 11.3. The summed E-state index contributed by atoms with van der Waals surface area (Å²) in [6, 6.07) is 5.45. The molecule has 0 aromatic carbocycles. The van der Waals surface area contributed by atoms with Gasteiger partial charge in [0.1, 0.15) is 29.7 Å². The molecule has 0 fully saturated rings. The van der Waals surface area contributed by atoms with Gasteiger partial charge in [0.25, 0.3) is 0 Å². The zero-order valence-corrected chi connectivity index (χ0v) is 17.9. The summed E-state index contributed by atoms with van der Waals surface area (Å²) < 4.78 is 16.5. The van der Waals surface area contributed by atoms with Gasteiger partial charge in [-0.15, -0.1) is 11.8 Å². The quantitative estimate of drug-likeness (QED) is 0.635. The molecule has 0 saturated carbocycles. The Bertz CT molecular complexity index is 1220. The summed E-state index contributed by atoms with van der Waals surface area (Å²) in [6.07, 6.45) is 11.7. The van der Waals surface area contributed by atoms with Crippen LogP contribution in [-0.2, 0) is 11.3 Å². The molecule has 0 atom stereocenters. The van der Waals surface area contributed by atoms with E-state index < -0.39 is 5.97 Å². The Morgan fingerprint density at radius 1 is 1.41 bits per heavy atom. The molecule has 0 aliphatic carbocycles. The molecule has 0 spiro atoms. The molecule has 4 heterocycles. The lowest BCUT2D eigenvalue weighted by Gasteiger charge is -2.17. The first-order chi connectivity index (χ1) is 15.6. The van der Waals surface area contributed by atoms with Crippen LogP contribution in [-0.4, -0.2) is 33.9 Å². The number of methoxy groups -OCH3 is 1. The summed E-state index contributed by atoms with van der Waals surface area (Å²) in [6.45, 7) is -0.0530. The van der Waals surface area contributed by atoms with E-state index in [1.54, 1.807) is 24.3 Å². The third kappa shape index (κ3) is 4.40. The number of pyridine rings is 1. The number of thioether (sulfide) groups is 1. The van der Waals surface area contributed by atoms with Gasteiger partial charge >= 0.3 is 5.97 Å². The van der Waals surface area contributed by atoms with Crippen molar-refractivity contribution in [1.82, 2.24) is 9.97 Å². The number of allylic oxidation sites excluding steroid dienone is 4. The first-order valence-corrected chi connectivity index (χ1v) is 10.7. The van der Waals surface area contributed by atoms with Gasteiger partial charge in [0, 0.05) is 22.3 Å². The number of aromatic amines is 1. The van der Waals surface area contributed by atoms with E-state index in [0.29, 0.717) is 29.1 Å². The fourth-order valence-electron chi connectivity index (χ4n) is 3.27. The highest BCUT2D eigenvalue weighted by Gasteiger charge is 2.21. The van der Waals surface area contributed by atoms with Gasteiger partial charge in [-0.2, -0.15) is 5.26 Å². The van der Waals surface area contributed by atoms with E-state index in [2.05, 4.69) is 22.1 Å². The van der Waals surface area contributed by atoms with Crippen LogP contribution in [0.15, 0.2) is 49.0 Å². The molecule has 8 nitrogen and oxygen atoms in total. The van der Waals surface area contributed by atoms with Crippen molar-refractivity contribution in [3.8, 4) is 17.7 Å². The minimum absolute atomic E-state index is 0.0183. The lowest BCUT2D eigenvalue weighted by molar-refractivity contribution is 0.0690. The molecule has 32 heavy (non-hydrogen) atoms. The standard InChI is InChI=1S/C23H19N3O5S/c1-29-20-10-18(23(27)28)25-19(20)13-31-22-16(11-24)15(14-5-4-7-30-12-14)9-17(26-22)21-6-2-3-8-32-21/h2-4,6-7,9-10,12,25H,5,8,13H2,1H3,(H,27,28). The summed E-state index contributed by atoms with van der Waals surface area (Å²) in [7, 11) is 1.44. The van der Waals surface area contributed by atoms with Crippen molar-refractivity contribution in [1.29, 1.82) is 5.26 Å². The fraction of sp³-hybridized carbons (Fsp3) is 0.174. The molecule has 0 unspecified atom stereocenters. The number of aromatic carboxylic acids is 1. The third-order valence-electron chi connectivity index (χ3n) is 4.80. The fourth-order valence-corrected chi connectivity index (χ4v) is 4.08. The number of hydrogen-bond acceptors (Lipinski definition) is 7. The van der Waals surface area contributed by atoms with Gasteiger partial charge in [-0.3, -0.25) is 0 Å². The number of carbonyl (C=O) groups is 1. The molecule has 9 heteroatoms. The SMILES string of the molecule is COc1cc(C(=O)O)[nH]c1COc1nc(C2=CC=CCS2)cc(C2=COC=CC2)c1C#N. The van der Waals surface area contributed by atoms with Gasteiger partial charge in [-0.05, 0) is 30.2 Å². The van der Waals surface area contributed by atoms with Gasteiger partial charge in [0.15, 0.2) is 0 Å². The summed E-state index contributed by atoms with van der Waals surface area (Å²) in [4.78, 5) is 19.6. The van der Waals surface area contributed by atoms with Crippen LogP contribution in [0.25, 0.3) is 10.5 Å². The monoisotopic (exact) mass is 449 g/mol. The number of nitriles is 1. The minimum Gasteiger partial charge on any atom is -0.495 e. The van der Waals surface area contributed by atoms with Crippen molar-refractivity contribution in [3.05, 3.63) is 77.2 Å². The molecule has 2 aliphatic heterocycles. The van der Waals surface area contributed by atoms with Crippen molar-refractivity contribution in [2.75, 3.05) is 12.9 Å². The first kappa shape index (κ1) is 21.3. The smallest absolute Gasteiger partial charge is 0.352 e. The number of rotatable bonds is 7. The van der Waals surface area contributed by atoms with Crippen LogP contribution >= 0.6 is 11.8 Å². The Hall–Kier alpha value is -3.90. The Labute approximate surface area is 188 Å². The largest absolute Gasteiger partial charge is 0.495 e. The van der Waals surface area contributed by atoms with Crippen LogP contribution in [0.5, 0.6) is 11.6 Å². The van der Waals surface area contributed by atoms with Gasteiger partial charge in [-0.1, -0.05) is 12.2 Å². The minimum atomic E-state index is -1.11. The maximum absolute atomic E-state index is 11.3. The first-order valence-electron chi connectivity index (χ1n) is 9.67. The van der Waals surface area contributed by atoms with Crippen molar-refractivity contribution < 1.29 is 24.1 Å². The summed E-state index contributed by atoms with van der Waals surface area (Å²) in [5.41, 5.74) is 2.89. The number of H-pyrrole nitrogens is 1. The van der Waals surface area contributed by atoms with E-state index in [1.807, 2.05) is 24.3 Å². The van der Waals surface area contributed by atoms with E-state index in [9.17, 15) is 15.2 Å². The Morgan fingerprint density at radius 3 is 2.94 bits per heavy atom. The second-order valence-corrected chi connectivity index (χ2v) is 7.86. The third-order valence-corrected chi connectivity index (χ3v) is 5.82. The molecule has 0 bridgehead atoms. The highest BCUT2D eigenvalue weighted by molar-refractivity contribution is 8.08. The molecule has 0 amide bonds. The highest BCUT2D eigenvalue weighted by atomic mass is 32.2. The number of carboxylic acids is 1. The predicted octanol–water partition coefficient (Wildman–Crippen LogP) is 4.49. The van der Waals surface area contributed by atoms with E-state index in [4.69, 9.17) is 14.2 Å². The molecule has 2 aromatic rings. The summed E-state index contributed by atoms with van der Waals surface area (Å²) in [5, 5.41) is 19.1. The molecule has 2 aromatic heterocycles. The molecule has 162 valence electrons. The number of nitrogens with one attached hydrogen (secondary N) is 1. The van der Waals surface area contributed by atoms with Crippen molar-refractivity contribution in [3.63, 3.8) is 0 Å². The van der Waals surface area contributed by atoms with Gasteiger partial charge in [0.05, 0.1) is 31.0 Å². The van der Waals surface area contributed by atoms with E-state index >= 15 is 0 Å². The Kier molecular flexibility index (Phi) is 6.33. The molecule has 0 radical (unpaired) electrons. The molecular weight excluding hydrogens is 430 g/mol. The predicted molar refractivity (Wildman–Crippen MR) is 120 cm³/mol. The Morgan fingerprint density at radius 2 is 2.28 bits per heavy atom. The molecule has 2 N–H and O–H groups in total. The lowest BCUT2D eigenvalue weighted by atomic mass is 9.98. The average Bonchev–Trinajstić information content (AvgIpc) is 3.27. The average molecular weight is 449 g/mol. The van der Waals surface area contributed by atoms with Crippen molar-refractivity contribution in [2.45, 2.75) is 13.0 Å². The normalized spacial score (nSPS) is 14.8. The zero-order valence-electron chi connectivity index (χ0n) is 17.1. The number of hydrogen-bond donors (Lipinski definition) is 2. The van der Waals surface area contributed by atoms with Crippen molar-refractivity contribution in [2.24, 2.45) is 0 Å². The Balaban J connectivity index is 1.74. The van der Waals surface area contributed by atoms with Crippen molar-refractivity contribution >= 4 is 28.2 Å². The maximum Gasteiger partial charge on any atom is 0.352 e. The number of ether oxygens (including phenoxy) is 3. The van der Waals surface area contributed by atoms with E-state index in [0.717, 1.165) is 16.2 Å². The van der Waals surface area contributed by atoms with Crippen LogP contribution in [0, 0.1) is 11.3 Å². The van der Waals surface area contributed by atoms with E-state index in [-0.39, 0.29) is 23.7 Å². The van der Waals surface area contributed by atoms with Crippen LogP contribution in [0.1, 0.15) is 39.4 Å². The van der Waals surface area contributed by atoms with Crippen LogP contribution in [0.2, 0.25) is 0 Å². The summed E-state index contributed by atoms with van der Waals surface area (Å²) >= 11 is 1.64. The second kappa shape index (κ2) is 9.49. The number of carboxylic acid groups (broad SMARTS) is 1. The van der Waals surface area contributed by atoms with Crippen LogP contribution in [0.4, 0.5) is 0 Å². The van der Waals surface area contributed by atoms with E-state index in [1.165, 1.54) is 13.2 Å². The molecule has 2 aliphatic rings. The summed E-state index contributed by atoms with van der Waals surface area (Å²) in [5.74, 6) is 0.216. The number of aromatic nitrogens is 2. The second-order valence-electron chi connectivity index (χ2n) is 6.80. The lowest BCUT2D eigenvalue weighted by Crippen LogP contribution is -2.06. The van der Waals surface area contributed by atoms with Gasteiger partial charge in [-0.25, -0.2) is 9.78 Å². The van der Waals surface area contributed by atoms with Crippen LogP contribution < -0.4 is 9.47 Å². The van der Waals surface area contributed by atoms with Crippen LogP contribution in [0.3, 0.4) is 0 Å². The van der Waals surface area contributed by atoms with Gasteiger partial charge < -0.3 is 24.3 Å². The molecule has 4 rings (SSSR count). The zero-order chi connectivity index (χ0) is 22.5. The topological polar surface area (TPSA) is 117 Å². The van der Waals surface area contributed by atoms with Gasteiger partial charge in [0.2, 0.25) is 5.88 Å². The molecule has 0 saturated heterocycles. The number of nitrogens with zero attached hydrogens (tertiary/aromatic N) is 2. The molecular formula is C23H19N3O5S. The highest BCUT2D eigenvalue weighted by Crippen LogP contribution is 2.36.